The van der Waals surface area contributed by atoms with Gasteiger partial charge in [-0.1, -0.05) is 12.1 Å². The highest BCUT2D eigenvalue weighted by atomic mass is 32.1. The maximum absolute atomic E-state index is 13.0. The first-order valence-corrected chi connectivity index (χ1v) is 7.08. The number of nitrogens with one attached hydrogen (secondary N) is 1. The standard InChI is InChI=1S/C15H18FNOS/c1-10-6-14(19-11(10)2)8-17-9-15(18)12-4-3-5-13(16)7-12/h3-7,15,17-18H,8-9H2,1-2H3. The smallest absolute Gasteiger partial charge is 0.123 e. The van der Waals surface area contributed by atoms with Crippen LogP contribution in [-0.2, 0) is 6.54 Å². The fraction of sp³-hybridized carbons (Fsp3) is 0.333. The number of hydrogen-bond donors (Lipinski definition) is 2. The van der Waals surface area contributed by atoms with Gasteiger partial charge in [-0.2, -0.15) is 0 Å². The third-order valence-electron chi connectivity index (χ3n) is 3.09. The second-order valence-electron chi connectivity index (χ2n) is 4.65. The van der Waals surface area contributed by atoms with Crippen molar-refractivity contribution in [3.05, 3.63) is 57.0 Å². The van der Waals surface area contributed by atoms with Crippen molar-refractivity contribution >= 4 is 11.3 Å². The molecule has 0 bridgehead atoms. The van der Waals surface area contributed by atoms with E-state index in [9.17, 15) is 9.50 Å². The van der Waals surface area contributed by atoms with Crippen molar-refractivity contribution in [2.75, 3.05) is 6.54 Å². The van der Waals surface area contributed by atoms with Crippen LogP contribution in [0.25, 0.3) is 0 Å². The zero-order chi connectivity index (χ0) is 13.8. The molecule has 0 aliphatic carbocycles. The van der Waals surface area contributed by atoms with Crippen molar-refractivity contribution in [1.82, 2.24) is 5.32 Å². The molecule has 4 heteroatoms. The van der Waals surface area contributed by atoms with Crippen LogP contribution in [0.3, 0.4) is 0 Å². The molecule has 0 saturated carbocycles. The monoisotopic (exact) mass is 279 g/mol. The van der Waals surface area contributed by atoms with Crippen LogP contribution in [0.4, 0.5) is 4.39 Å². The topological polar surface area (TPSA) is 32.3 Å². The lowest BCUT2D eigenvalue weighted by molar-refractivity contribution is 0.174. The molecular weight excluding hydrogens is 261 g/mol. The zero-order valence-corrected chi connectivity index (χ0v) is 11.9. The average molecular weight is 279 g/mol. The van der Waals surface area contributed by atoms with E-state index in [1.807, 2.05) is 0 Å². The minimum Gasteiger partial charge on any atom is -0.387 e. The van der Waals surface area contributed by atoms with Gasteiger partial charge in [-0.3, -0.25) is 0 Å². The largest absolute Gasteiger partial charge is 0.387 e. The van der Waals surface area contributed by atoms with Crippen molar-refractivity contribution in [3.63, 3.8) is 0 Å². The quantitative estimate of drug-likeness (QED) is 0.880. The lowest BCUT2D eigenvalue weighted by Gasteiger charge is -2.11. The van der Waals surface area contributed by atoms with Crippen LogP contribution >= 0.6 is 11.3 Å². The number of aliphatic hydroxyl groups excluding tert-OH is 1. The molecule has 2 N–H and O–H groups in total. The van der Waals surface area contributed by atoms with Gasteiger partial charge in [0.2, 0.25) is 0 Å². The van der Waals surface area contributed by atoms with Crippen molar-refractivity contribution in [2.24, 2.45) is 0 Å². The van der Waals surface area contributed by atoms with E-state index in [2.05, 4.69) is 25.2 Å². The number of rotatable bonds is 5. The van der Waals surface area contributed by atoms with Crippen LogP contribution in [0, 0.1) is 19.7 Å². The van der Waals surface area contributed by atoms with E-state index in [4.69, 9.17) is 0 Å². The van der Waals surface area contributed by atoms with E-state index in [1.54, 1.807) is 23.5 Å². The summed E-state index contributed by atoms with van der Waals surface area (Å²) in [6.45, 7) is 5.34. The van der Waals surface area contributed by atoms with Gasteiger partial charge in [-0.25, -0.2) is 4.39 Å². The number of aryl methyl sites for hydroxylation is 2. The molecule has 0 amide bonds. The maximum Gasteiger partial charge on any atom is 0.123 e. The fourth-order valence-corrected chi connectivity index (χ4v) is 2.92. The van der Waals surface area contributed by atoms with Gasteiger partial charge in [-0.05, 0) is 43.2 Å². The Labute approximate surface area is 116 Å². The zero-order valence-electron chi connectivity index (χ0n) is 11.1. The fourth-order valence-electron chi connectivity index (χ4n) is 1.90. The first-order valence-electron chi connectivity index (χ1n) is 6.26. The van der Waals surface area contributed by atoms with Crippen LogP contribution in [0.1, 0.15) is 27.0 Å². The molecule has 0 fully saturated rings. The maximum atomic E-state index is 13.0. The predicted octanol–water partition coefficient (Wildman–Crippen LogP) is 3.33. The van der Waals surface area contributed by atoms with E-state index < -0.39 is 6.10 Å². The Hall–Kier alpha value is -1.23. The Morgan fingerprint density at radius 2 is 2.11 bits per heavy atom. The molecular formula is C15H18FNOS. The molecule has 0 aliphatic rings. The highest BCUT2D eigenvalue weighted by molar-refractivity contribution is 7.12. The number of benzene rings is 1. The Morgan fingerprint density at radius 3 is 2.74 bits per heavy atom. The Kier molecular flexibility index (Phi) is 4.69. The van der Waals surface area contributed by atoms with Gasteiger partial charge in [0, 0.05) is 22.8 Å². The van der Waals surface area contributed by atoms with Gasteiger partial charge >= 0.3 is 0 Å². The van der Waals surface area contributed by atoms with E-state index in [0.29, 0.717) is 12.1 Å². The second-order valence-corrected chi connectivity index (χ2v) is 5.99. The van der Waals surface area contributed by atoms with Gasteiger partial charge in [0.25, 0.3) is 0 Å². The Morgan fingerprint density at radius 1 is 1.32 bits per heavy atom. The van der Waals surface area contributed by atoms with Gasteiger partial charge in [0.15, 0.2) is 0 Å². The normalized spacial score (nSPS) is 12.6. The van der Waals surface area contributed by atoms with Crippen LogP contribution < -0.4 is 5.32 Å². The minimum absolute atomic E-state index is 0.318. The average Bonchev–Trinajstić information content (AvgIpc) is 2.68. The molecule has 2 rings (SSSR count). The molecule has 1 aromatic carbocycles. The molecule has 19 heavy (non-hydrogen) atoms. The number of aliphatic hydroxyl groups is 1. The summed E-state index contributed by atoms with van der Waals surface area (Å²) < 4.78 is 13.0. The molecule has 1 unspecified atom stereocenters. The van der Waals surface area contributed by atoms with Gasteiger partial charge in [0.05, 0.1) is 6.10 Å². The number of hydrogen-bond acceptors (Lipinski definition) is 3. The van der Waals surface area contributed by atoms with E-state index >= 15 is 0 Å². The molecule has 1 aromatic heterocycles. The van der Waals surface area contributed by atoms with Crippen LogP contribution in [0.15, 0.2) is 30.3 Å². The minimum atomic E-state index is -0.683. The Balaban J connectivity index is 1.85. The summed E-state index contributed by atoms with van der Waals surface area (Å²) in [5.41, 5.74) is 1.90. The van der Waals surface area contributed by atoms with Gasteiger partial charge < -0.3 is 10.4 Å². The van der Waals surface area contributed by atoms with Gasteiger partial charge in [0.1, 0.15) is 5.82 Å². The van der Waals surface area contributed by atoms with Crippen molar-refractivity contribution in [1.29, 1.82) is 0 Å². The van der Waals surface area contributed by atoms with Crippen molar-refractivity contribution < 1.29 is 9.50 Å². The molecule has 102 valence electrons. The molecule has 0 aliphatic heterocycles. The summed E-state index contributed by atoms with van der Waals surface area (Å²) in [5.74, 6) is -0.318. The lowest BCUT2D eigenvalue weighted by Crippen LogP contribution is -2.20. The molecule has 2 nitrogen and oxygen atoms in total. The first-order chi connectivity index (χ1) is 9.06. The summed E-state index contributed by atoms with van der Waals surface area (Å²) in [6, 6.07) is 8.24. The molecule has 0 saturated heterocycles. The second kappa shape index (κ2) is 6.28. The first kappa shape index (κ1) is 14.2. The van der Waals surface area contributed by atoms with E-state index in [1.165, 1.54) is 27.5 Å². The van der Waals surface area contributed by atoms with Crippen LogP contribution in [0.2, 0.25) is 0 Å². The summed E-state index contributed by atoms with van der Waals surface area (Å²) in [5, 5.41) is 13.2. The number of halogens is 1. The van der Waals surface area contributed by atoms with Crippen molar-refractivity contribution in [2.45, 2.75) is 26.5 Å². The lowest BCUT2D eigenvalue weighted by atomic mass is 10.1. The summed E-state index contributed by atoms with van der Waals surface area (Å²) in [7, 11) is 0. The number of thiophene rings is 1. The Bertz CT molecular complexity index is 533. The molecule has 0 spiro atoms. The highest BCUT2D eigenvalue weighted by Crippen LogP contribution is 2.20. The third kappa shape index (κ3) is 3.86. The van der Waals surface area contributed by atoms with Crippen LogP contribution in [-0.4, -0.2) is 11.7 Å². The third-order valence-corrected chi connectivity index (χ3v) is 4.24. The molecule has 2 aromatic rings. The highest BCUT2D eigenvalue weighted by Gasteiger charge is 2.08. The summed E-state index contributed by atoms with van der Waals surface area (Å²) in [6.07, 6.45) is -0.683. The van der Waals surface area contributed by atoms with Crippen molar-refractivity contribution in [3.8, 4) is 0 Å². The SMILES string of the molecule is Cc1cc(CNCC(O)c2cccc(F)c2)sc1C. The van der Waals surface area contributed by atoms with Gasteiger partial charge in [-0.15, -0.1) is 11.3 Å². The molecule has 0 radical (unpaired) electrons. The predicted molar refractivity (Wildman–Crippen MR) is 76.9 cm³/mol. The van der Waals surface area contributed by atoms with E-state index in [-0.39, 0.29) is 5.82 Å². The molecule has 1 heterocycles. The summed E-state index contributed by atoms with van der Waals surface area (Å²) in [4.78, 5) is 2.57. The van der Waals surface area contributed by atoms with Crippen LogP contribution in [0.5, 0.6) is 0 Å². The van der Waals surface area contributed by atoms with E-state index in [0.717, 1.165) is 6.54 Å². The molecule has 1 atom stereocenters. The summed E-state index contributed by atoms with van der Waals surface area (Å²) >= 11 is 1.76.